The van der Waals surface area contributed by atoms with Gasteiger partial charge >= 0.3 is 0 Å². The van der Waals surface area contributed by atoms with Gasteiger partial charge < -0.3 is 4.90 Å². The van der Waals surface area contributed by atoms with Crippen LogP contribution in [0.4, 0.5) is 0 Å². The lowest BCUT2D eigenvalue weighted by molar-refractivity contribution is -0.123. The summed E-state index contributed by atoms with van der Waals surface area (Å²) in [5.41, 5.74) is 3.35. The summed E-state index contributed by atoms with van der Waals surface area (Å²) in [5.74, 6) is 1.82. The van der Waals surface area contributed by atoms with Crippen LogP contribution in [-0.2, 0) is 18.3 Å². The van der Waals surface area contributed by atoms with Crippen LogP contribution in [0, 0.1) is 26.2 Å². The molecule has 0 aliphatic rings. The number of hydrogen-bond acceptors (Lipinski definition) is 2. The van der Waals surface area contributed by atoms with Gasteiger partial charge in [0.15, 0.2) is 0 Å². The van der Waals surface area contributed by atoms with Gasteiger partial charge in [-0.1, -0.05) is 0 Å². The van der Waals surface area contributed by atoms with E-state index in [0.717, 1.165) is 17.8 Å². The Hall–Kier alpha value is -1.76. The number of terminal acetylenes is 1. The minimum absolute atomic E-state index is 0.279. The van der Waals surface area contributed by atoms with E-state index >= 15 is 0 Å². The van der Waals surface area contributed by atoms with Crippen LogP contribution in [0.25, 0.3) is 0 Å². The molecule has 0 bridgehead atoms. The molecule has 16 heavy (non-hydrogen) atoms. The van der Waals surface area contributed by atoms with Crippen molar-refractivity contribution in [2.24, 2.45) is 7.05 Å². The molecule has 0 atom stereocenters. The maximum Gasteiger partial charge on any atom is 0.297 e. The molecule has 0 N–H and O–H groups in total. The van der Waals surface area contributed by atoms with Gasteiger partial charge in [-0.2, -0.15) is 5.10 Å². The van der Waals surface area contributed by atoms with Crippen LogP contribution < -0.4 is 0 Å². The summed E-state index contributed by atoms with van der Waals surface area (Å²) in [5, 5.41) is 4.33. The molecule has 0 radical (unpaired) electrons. The quantitative estimate of drug-likeness (QED) is 0.701. The van der Waals surface area contributed by atoms with Gasteiger partial charge in [-0.15, -0.1) is 6.42 Å². The lowest BCUT2D eigenvalue weighted by Gasteiger charge is -2.13. The molecular weight excluding hydrogens is 202 g/mol. The molecule has 0 aromatic carbocycles. The van der Waals surface area contributed by atoms with Crippen molar-refractivity contribution >= 4 is 5.91 Å². The van der Waals surface area contributed by atoms with Crippen molar-refractivity contribution in [2.75, 3.05) is 13.6 Å². The topological polar surface area (TPSA) is 38.1 Å². The summed E-state index contributed by atoms with van der Waals surface area (Å²) < 4.78 is 1.85. The summed E-state index contributed by atoms with van der Waals surface area (Å²) >= 11 is 0. The lowest BCUT2D eigenvalue weighted by atomic mass is 10.1. The average Bonchev–Trinajstić information content (AvgIpc) is 2.49. The average molecular weight is 219 g/mol. The second-order valence-electron chi connectivity index (χ2n) is 3.89. The van der Waals surface area contributed by atoms with E-state index < -0.39 is 0 Å². The minimum atomic E-state index is -0.279. The largest absolute Gasteiger partial charge is 0.335 e. The zero-order valence-corrected chi connectivity index (χ0v) is 10.2. The fourth-order valence-electron chi connectivity index (χ4n) is 1.67. The first kappa shape index (κ1) is 12.3. The predicted octanol–water partition coefficient (Wildman–Crippen LogP) is 0.671. The van der Waals surface area contributed by atoms with Crippen molar-refractivity contribution in [3.05, 3.63) is 17.0 Å². The van der Waals surface area contributed by atoms with E-state index in [0.29, 0.717) is 6.54 Å². The Morgan fingerprint density at radius 3 is 2.62 bits per heavy atom. The van der Waals surface area contributed by atoms with Gasteiger partial charge in [-0.25, -0.2) is 0 Å². The van der Waals surface area contributed by atoms with Gasteiger partial charge in [0.05, 0.1) is 5.69 Å². The van der Waals surface area contributed by atoms with Gasteiger partial charge in [0.1, 0.15) is 0 Å². The molecule has 0 aliphatic heterocycles. The molecule has 1 rings (SSSR count). The third-order valence-electron chi connectivity index (χ3n) is 2.83. The van der Waals surface area contributed by atoms with Crippen LogP contribution in [0.3, 0.4) is 0 Å². The molecule has 0 aliphatic carbocycles. The maximum atomic E-state index is 11.2. The molecule has 0 fully saturated rings. The van der Waals surface area contributed by atoms with E-state index in [1.807, 2.05) is 25.6 Å². The first-order chi connectivity index (χ1) is 7.47. The van der Waals surface area contributed by atoms with Crippen molar-refractivity contribution in [1.29, 1.82) is 0 Å². The summed E-state index contributed by atoms with van der Waals surface area (Å²) in [6.45, 7) is 4.63. The molecule has 1 aromatic rings. The molecule has 0 saturated heterocycles. The SMILES string of the molecule is C#CC(=O)N(C)CCc1c(C)nn(C)c1C. The Bertz CT molecular complexity index is 440. The molecule has 0 spiro atoms. The first-order valence-electron chi connectivity index (χ1n) is 5.18. The molecule has 4 nitrogen and oxygen atoms in total. The fraction of sp³-hybridized carbons (Fsp3) is 0.500. The highest BCUT2D eigenvalue weighted by molar-refractivity contribution is 5.92. The number of carbonyl (C=O) groups is 1. The number of amides is 1. The monoisotopic (exact) mass is 219 g/mol. The summed E-state index contributed by atoms with van der Waals surface area (Å²) in [7, 11) is 3.63. The molecule has 0 unspecified atom stereocenters. The third-order valence-corrected chi connectivity index (χ3v) is 2.83. The van der Waals surface area contributed by atoms with E-state index in [4.69, 9.17) is 6.42 Å². The van der Waals surface area contributed by atoms with Gasteiger partial charge in [0.2, 0.25) is 0 Å². The molecule has 86 valence electrons. The summed E-state index contributed by atoms with van der Waals surface area (Å²) in [6.07, 6.45) is 5.84. The van der Waals surface area contributed by atoms with Crippen LogP contribution >= 0.6 is 0 Å². The van der Waals surface area contributed by atoms with Crippen molar-refractivity contribution < 1.29 is 4.79 Å². The van der Waals surface area contributed by atoms with Gasteiger partial charge in [-0.05, 0) is 31.8 Å². The fourth-order valence-corrected chi connectivity index (χ4v) is 1.67. The van der Waals surface area contributed by atoms with E-state index in [2.05, 4.69) is 11.0 Å². The van der Waals surface area contributed by atoms with Crippen molar-refractivity contribution in [3.8, 4) is 12.3 Å². The first-order valence-corrected chi connectivity index (χ1v) is 5.18. The van der Waals surface area contributed by atoms with Gasteiger partial charge in [-0.3, -0.25) is 9.48 Å². The van der Waals surface area contributed by atoms with Gasteiger partial charge in [0.25, 0.3) is 5.91 Å². The molecule has 1 aromatic heterocycles. The summed E-state index contributed by atoms with van der Waals surface area (Å²) in [6, 6.07) is 0. The summed E-state index contributed by atoms with van der Waals surface area (Å²) in [4.78, 5) is 12.7. The Kier molecular flexibility index (Phi) is 3.73. The molecule has 1 amide bonds. The van der Waals surface area contributed by atoms with Crippen LogP contribution in [0.2, 0.25) is 0 Å². The third kappa shape index (κ3) is 2.43. The Balaban J connectivity index is 2.69. The molecular formula is C12H17N3O. The Morgan fingerprint density at radius 2 is 2.19 bits per heavy atom. The maximum absolute atomic E-state index is 11.2. The van der Waals surface area contributed by atoms with Crippen LogP contribution in [0.1, 0.15) is 17.0 Å². The smallest absolute Gasteiger partial charge is 0.297 e. The van der Waals surface area contributed by atoms with Crippen LogP contribution in [0.5, 0.6) is 0 Å². The normalized spacial score (nSPS) is 9.94. The lowest BCUT2D eigenvalue weighted by Crippen LogP contribution is -2.27. The number of likely N-dealkylation sites (N-methyl/N-ethyl adjacent to an activating group) is 1. The highest BCUT2D eigenvalue weighted by Gasteiger charge is 2.11. The number of aromatic nitrogens is 2. The van der Waals surface area contributed by atoms with Crippen LogP contribution in [0.15, 0.2) is 0 Å². The van der Waals surface area contributed by atoms with Crippen molar-refractivity contribution in [2.45, 2.75) is 20.3 Å². The van der Waals surface area contributed by atoms with E-state index in [9.17, 15) is 4.79 Å². The van der Waals surface area contributed by atoms with Crippen molar-refractivity contribution in [3.63, 3.8) is 0 Å². The number of nitrogens with zero attached hydrogens (tertiary/aromatic N) is 3. The standard InChI is InChI=1S/C12H17N3O/c1-6-12(16)14(4)8-7-11-9(2)13-15(5)10(11)3/h1H,7-8H2,2-5H3. The highest BCUT2D eigenvalue weighted by Crippen LogP contribution is 2.12. The van der Waals surface area contributed by atoms with E-state index in [1.165, 1.54) is 5.56 Å². The highest BCUT2D eigenvalue weighted by atomic mass is 16.2. The predicted molar refractivity (Wildman–Crippen MR) is 62.9 cm³/mol. The van der Waals surface area contributed by atoms with Crippen LogP contribution in [-0.4, -0.2) is 34.2 Å². The Morgan fingerprint density at radius 1 is 1.56 bits per heavy atom. The second-order valence-corrected chi connectivity index (χ2v) is 3.89. The zero-order chi connectivity index (χ0) is 12.3. The number of hydrogen-bond donors (Lipinski definition) is 0. The number of rotatable bonds is 3. The van der Waals surface area contributed by atoms with Gasteiger partial charge in [0, 0.05) is 26.3 Å². The number of aryl methyl sites for hydroxylation is 2. The minimum Gasteiger partial charge on any atom is -0.335 e. The Labute approximate surface area is 96.2 Å². The molecule has 4 heteroatoms. The van der Waals surface area contributed by atoms with E-state index in [-0.39, 0.29) is 5.91 Å². The molecule has 0 saturated carbocycles. The van der Waals surface area contributed by atoms with E-state index in [1.54, 1.807) is 11.9 Å². The van der Waals surface area contributed by atoms with Crippen molar-refractivity contribution in [1.82, 2.24) is 14.7 Å². The zero-order valence-electron chi connectivity index (χ0n) is 10.2. The second kappa shape index (κ2) is 4.84. The number of carbonyl (C=O) groups excluding carboxylic acids is 1. The molecule has 1 heterocycles.